The Kier molecular flexibility index (Phi) is 6.92. The number of aromatic nitrogens is 4. The molecule has 1 aliphatic heterocycles. The zero-order chi connectivity index (χ0) is 24.3. The average Bonchev–Trinajstić information content (AvgIpc) is 3.41. The number of allylic oxidation sites excluding steroid dienone is 3. The van der Waals surface area contributed by atoms with Crippen LogP contribution in [0.5, 0.6) is 5.88 Å². The summed E-state index contributed by atoms with van der Waals surface area (Å²) in [5.41, 5.74) is 2.27. The van der Waals surface area contributed by atoms with Crippen molar-refractivity contribution in [2.24, 2.45) is 5.41 Å². The third kappa shape index (κ3) is 5.94. The number of likely N-dealkylation sites (N-methyl/N-ethyl adjacent to an activating group) is 1. The summed E-state index contributed by atoms with van der Waals surface area (Å²) < 4.78 is 8.19. The molecule has 2 aliphatic rings. The molecule has 7 nitrogen and oxygen atoms in total. The summed E-state index contributed by atoms with van der Waals surface area (Å²) in [5.74, 6) is 1.36. The number of thioether (sulfide) groups is 1. The highest BCUT2D eigenvalue weighted by molar-refractivity contribution is 8.03. The monoisotopic (exact) mass is 488 g/mol. The van der Waals surface area contributed by atoms with Gasteiger partial charge in [0.15, 0.2) is 0 Å². The first-order chi connectivity index (χ1) is 16.9. The Balaban J connectivity index is 1.37. The van der Waals surface area contributed by atoms with E-state index in [1.54, 1.807) is 18.0 Å². The van der Waals surface area contributed by atoms with Gasteiger partial charge in [0.1, 0.15) is 6.61 Å². The molecule has 1 fully saturated rings. The summed E-state index contributed by atoms with van der Waals surface area (Å²) in [5, 5.41) is 4.33. The van der Waals surface area contributed by atoms with Crippen molar-refractivity contribution in [3.05, 3.63) is 77.6 Å². The molecular formula is C27H32N6OS. The molecule has 182 valence electrons. The summed E-state index contributed by atoms with van der Waals surface area (Å²) in [4.78, 5) is 16.3. The van der Waals surface area contributed by atoms with Crippen molar-refractivity contribution in [1.82, 2.24) is 24.6 Å². The third-order valence-electron chi connectivity index (χ3n) is 6.31. The van der Waals surface area contributed by atoms with E-state index in [9.17, 15) is 0 Å². The molecule has 2 aromatic heterocycles. The minimum Gasteiger partial charge on any atom is -0.472 e. The molecule has 0 radical (unpaired) electrons. The fraction of sp³-hybridized carbons (Fsp3) is 0.370. The van der Waals surface area contributed by atoms with Gasteiger partial charge in [0.25, 0.3) is 0 Å². The van der Waals surface area contributed by atoms with Crippen LogP contribution in [0, 0.1) is 5.41 Å². The number of nitrogens with zero attached hydrogens (tertiary/aromatic N) is 6. The van der Waals surface area contributed by atoms with Gasteiger partial charge >= 0.3 is 0 Å². The summed E-state index contributed by atoms with van der Waals surface area (Å²) in [6.07, 6.45) is 13.4. The predicted octanol–water partition coefficient (Wildman–Crippen LogP) is 4.96. The zero-order valence-corrected chi connectivity index (χ0v) is 21.4. The van der Waals surface area contributed by atoms with E-state index in [1.165, 1.54) is 4.91 Å². The van der Waals surface area contributed by atoms with Gasteiger partial charge in [-0.1, -0.05) is 56.0 Å². The predicted molar refractivity (Wildman–Crippen MR) is 141 cm³/mol. The number of benzene rings is 1. The molecule has 3 aromatic rings. The molecule has 8 heteroatoms. The maximum atomic E-state index is 6.34. The van der Waals surface area contributed by atoms with Crippen molar-refractivity contribution in [2.75, 3.05) is 38.1 Å². The molecule has 5 rings (SSSR count). The van der Waals surface area contributed by atoms with E-state index in [1.807, 2.05) is 35.3 Å². The number of rotatable bonds is 7. The zero-order valence-electron chi connectivity index (χ0n) is 20.6. The molecule has 0 spiro atoms. The van der Waals surface area contributed by atoms with Gasteiger partial charge in [-0.25, -0.2) is 9.67 Å². The van der Waals surface area contributed by atoms with Crippen LogP contribution >= 0.6 is 11.8 Å². The van der Waals surface area contributed by atoms with Gasteiger partial charge in [-0.2, -0.15) is 10.1 Å². The van der Waals surface area contributed by atoms with E-state index < -0.39 is 0 Å². The van der Waals surface area contributed by atoms with E-state index in [0.717, 1.165) is 54.7 Å². The number of piperazine rings is 1. The smallest absolute Gasteiger partial charge is 0.232 e. The molecule has 1 saturated heterocycles. The highest BCUT2D eigenvalue weighted by Crippen LogP contribution is 2.39. The highest BCUT2D eigenvalue weighted by atomic mass is 32.2. The molecular weight excluding hydrogens is 456 g/mol. The van der Waals surface area contributed by atoms with E-state index >= 15 is 0 Å². The Morgan fingerprint density at radius 2 is 1.97 bits per heavy atom. The van der Waals surface area contributed by atoms with Crippen LogP contribution in [-0.2, 0) is 6.61 Å². The van der Waals surface area contributed by atoms with Crippen LogP contribution in [0.25, 0.3) is 5.69 Å². The number of hydrogen-bond acceptors (Lipinski definition) is 7. The lowest BCUT2D eigenvalue weighted by Crippen LogP contribution is -2.45. The maximum absolute atomic E-state index is 6.34. The molecule has 0 amide bonds. The first-order valence-electron chi connectivity index (χ1n) is 12.0. The van der Waals surface area contributed by atoms with Crippen LogP contribution in [0.15, 0.2) is 77.0 Å². The van der Waals surface area contributed by atoms with Crippen molar-refractivity contribution in [3.63, 3.8) is 0 Å². The lowest BCUT2D eigenvalue weighted by atomic mass is 9.86. The van der Waals surface area contributed by atoms with E-state index in [2.05, 4.69) is 66.2 Å². The lowest BCUT2D eigenvalue weighted by molar-refractivity contribution is 0.283. The van der Waals surface area contributed by atoms with Crippen LogP contribution < -0.4 is 9.64 Å². The summed E-state index contributed by atoms with van der Waals surface area (Å²) >= 11 is 1.67. The molecule has 1 aliphatic carbocycles. The molecule has 0 unspecified atom stereocenters. The van der Waals surface area contributed by atoms with Crippen LogP contribution in [0.2, 0.25) is 0 Å². The fourth-order valence-electron chi connectivity index (χ4n) is 4.05. The van der Waals surface area contributed by atoms with E-state index in [4.69, 9.17) is 14.7 Å². The van der Waals surface area contributed by atoms with Gasteiger partial charge in [-0.05, 0) is 42.6 Å². The second-order valence-electron chi connectivity index (χ2n) is 9.77. The Hall–Kier alpha value is -3.10. The molecule has 0 bridgehead atoms. The van der Waals surface area contributed by atoms with E-state index in [-0.39, 0.29) is 5.41 Å². The minimum atomic E-state index is 0.199. The Labute approximate surface area is 211 Å². The molecule has 1 aromatic carbocycles. The Bertz CT molecular complexity index is 1210. The second kappa shape index (κ2) is 10.3. The Morgan fingerprint density at radius 3 is 2.71 bits per heavy atom. The summed E-state index contributed by atoms with van der Waals surface area (Å²) in [6, 6.07) is 10.1. The van der Waals surface area contributed by atoms with Crippen LogP contribution in [0.4, 0.5) is 5.95 Å². The van der Waals surface area contributed by atoms with Crippen molar-refractivity contribution in [2.45, 2.75) is 31.8 Å². The van der Waals surface area contributed by atoms with Gasteiger partial charge < -0.3 is 14.5 Å². The average molecular weight is 489 g/mol. The first-order valence-corrected chi connectivity index (χ1v) is 12.9. The van der Waals surface area contributed by atoms with Crippen LogP contribution in [0.1, 0.15) is 25.8 Å². The minimum absolute atomic E-state index is 0.199. The van der Waals surface area contributed by atoms with Gasteiger partial charge in [0.05, 0.1) is 16.8 Å². The molecule has 0 atom stereocenters. The number of anilines is 1. The summed E-state index contributed by atoms with van der Waals surface area (Å²) in [6.45, 7) is 8.76. The number of hydrogen-bond donors (Lipinski definition) is 0. The van der Waals surface area contributed by atoms with Crippen LogP contribution in [-0.4, -0.2) is 57.9 Å². The van der Waals surface area contributed by atoms with E-state index in [0.29, 0.717) is 12.5 Å². The summed E-state index contributed by atoms with van der Waals surface area (Å²) in [7, 11) is 2.15. The van der Waals surface area contributed by atoms with Crippen molar-refractivity contribution < 1.29 is 4.74 Å². The topological polar surface area (TPSA) is 59.3 Å². The molecule has 3 heterocycles. The quantitative estimate of drug-likeness (QED) is 0.466. The van der Waals surface area contributed by atoms with Crippen LogP contribution in [0.3, 0.4) is 0 Å². The van der Waals surface area contributed by atoms with Gasteiger partial charge in [-0.15, -0.1) is 0 Å². The maximum Gasteiger partial charge on any atom is 0.232 e. The largest absolute Gasteiger partial charge is 0.472 e. The van der Waals surface area contributed by atoms with Gasteiger partial charge in [-0.3, -0.25) is 0 Å². The molecule has 35 heavy (non-hydrogen) atoms. The lowest BCUT2D eigenvalue weighted by Gasteiger charge is -2.32. The normalized spacial score (nSPS) is 17.9. The van der Waals surface area contributed by atoms with Crippen molar-refractivity contribution >= 4 is 17.7 Å². The highest BCUT2D eigenvalue weighted by Gasteiger charge is 2.21. The molecule has 0 saturated carbocycles. The van der Waals surface area contributed by atoms with Gasteiger partial charge in [0.2, 0.25) is 11.8 Å². The second-order valence-corrected chi connectivity index (χ2v) is 10.9. The standard InChI is InChI=1S/C27H32N6OS/c1-27(2)10-8-23(9-11-27)35-24-19-28-26(32-16-14-31(3)15-17-32)30-25(24)34-20-21-6-4-7-22(18-21)33-13-5-12-29-33/h4-10,12-13,18-19H,11,14-17,20H2,1-3H3. The molecule has 0 N–H and O–H groups in total. The van der Waals surface area contributed by atoms with Gasteiger partial charge in [0, 0.05) is 43.5 Å². The first kappa shape index (κ1) is 23.6. The third-order valence-corrected chi connectivity index (χ3v) is 7.35. The fourth-order valence-corrected chi connectivity index (χ4v) is 4.90. The SMILES string of the molecule is CN1CCN(c2ncc(SC3=CCC(C)(C)C=C3)c(OCc3cccc(-n4cccn4)c3)n2)CC1. The van der Waals surface area contributed by atoms with Crippen molar-refractivity contribution in [1.29, 1.82) is 0 Å². The Morgan fingerprint density at radius 1 is 1.11 bits per heavy atom. The van der Waals surface area contributed by atoms with Crippen molar-refractivity contribution in [3.8, 4) is 11.6 Å². The number of ether oxygens (including phenoxy) is 1.